The molecule has 0 aliphatic rings. The van der Waals surface area contributed by atoms with Crippen molar-refractivity contribution in [3.05, 3.63) is 131 Å². The van der Waals surface area contributed by atoms with Gasteiger partial charge in [0.2, 0.25) is 0 Å². The fourth-order valence-electron chi connectivity index (χ4n) is 7.68. The molecule has 3 aromatic heterocycles. The van der Waals surface area contributed by atoms with Crippen LogP contribution in [0.2, 0.25) is 0 Å². The monoisotopic (exact) mass is 660 g/mol. The lowest BCUT2D eigenvalue weighted by Gasteiger charge is -2.34. The summed E-state index contributed by atoms with van der Waals surface area (Å²) < 4.78 is 10.8. The predicted molar refractivity (Wildman–Crippen MR) is 209 cm³/mol. The van der Waals surface area contributed by atoms with E-state index in [-0.39, 0.29) is 10.8 Å². The Hall–Kier alpha value is -5.16. The van der Waals surface area contributed by atoms with E-state index in [1.54, 1.807) is 0 Å². The second kappa shape index (κ2) is 12.6. The van der Waals surface area contributed by atoms with Crippen LogP contribution in [0, 0.1) is 6.92 Å². The second-order valence-electron chi connectivity index (χ2n) is 15.5. The minimum absolute atomic E-state index is 0.0228. The summed E-state index contributed by atoms with van der Waals surface area (Å²) in [5.41, 5.74) is 12.4. The molecule has 5 nitrogen and oxygen atoms in total. The zero-order valence-corrected chi connectivity index (χ0v) is 30.9. The zero-order valence-electron chi connectivity index (χ0n) is 30.9. The van der Waals surface area contributed by atoms with Gasteiger partial charge in [-0.25, -0.2) is 9.67 Å². The maximum atomic E-state index is 6.56. The van der Waals surface area contributed by atoms with Gasteiger partial charge >= 0.3 is 0 Å². The molecule has 0 radical (unpaired) electrons. The molecule has 0 spiro atoms. The molecule has 0 fully saturated rings. The number of fused-ring (bicyclic) bond motifs is 3. The van der Waals surface area contributed by atoms with Gasteiger partial charge in [-0.15, -0.1) is 0 Å². The van der Waals surface area contributed by atoms with Gasteiger partial charge in [0.05, 0.1) is 22.9 Å². The zero-order chi connectivity index (χ0) is 35.4. The van der Waals surface area contributed by atoms with E-state index in [1.807, 2.05) is 35.3 Å². The number of aromatic nitrogens is 4. The van der Waals surface area contributed by atoms with Crippen LogP contribution in [0.15, 0.2) is 104 Å². The molecule has 0 saturated heterocycles. The number of pyridine rings is 1. The SMILES string of the molecule is CCc1cc(CC)c(C(C)(C)C)c(-c2cnn(-c3cccc(Oc4ccc5c6ccccc6n(-c6cc(C)ccn6)c5c4)c3)c2)c1C(C)(C)C. The van der Waals surface area contributed by atoms with Crippen LogP contribution >= 0.6 is 0 Å². The Kier molecular flexibility index (Phi) is 8.42. The van der Waals surface area contributed by atoms with E-state index >= 15 is 0 Å². The molecule has 0 bridgehead atoms. The summed E-state index contributed by atoms with van der Waals surface area (Å²) in [6.07, 6.45) is 8.10. The van der Waals surface area contributed by atoms with Crippen LogP contribution in [0.25, 0.3) is 44.4 Å². The Morgan fingerprint density at radius 2 is 1.36 bits per heavy atom. The summed E-state index contributed by atoms with van der Waals surface area (Å²) in [6.45, 7) is 20.7. The topological polar surface area (TPSA) is 44.9 Å². The number of para-hydroxylation sites is 1. The predicted octanol–water partition coefficient (Wildman–Crippen LogP) is 11.9. The molecule has 5 heteroatoms. The van der Waals surface area contributed by atoms with Crippen molar-refractivity contribution in [2.45, 2.75) is 86.0 Å². The molecule has 4 aromatic carbocycles. The summed E-state index contributed by atoms with van der Waals surface area (Å²) >= 11 is 0. The van der Waals surface area contributed by atoms with Gasteiger partial charge in [0.15, 0.2) is 0 Å². The fraction of sp³-hybridized carbons (Fsp3) is 0.289. The molecule has 7 aromatic rings. The van der Waals surface area contributed by atoms with E-state index in [2.05, 4.69) is 140 Å². The first-order valence-electron chi connectivity index (χ1n) is 17.9. The third-order valence-corrected chi connectivity index (χ3v) is 9.72. The number of aryl methyl sites for hydroxylation is 3. The van der Waals surface area contributed by atoms with Crippen molar-refractivity contribution in [1.82, 2.24) is 19.3 Å². The molecule has 3 heterocycles. The highest BCUT2D eigenvalue weighted by Gasteiger charge is 2.31. The molecular formula is C45H48N4O. The van der Waals surface area contributed by atoms with Gasteiger partial charge in [-0.2, -0.15) is 5.10 Å². The molecule has 7 rings (SSSR count). The number of nitrogens with zero attached hydrogens (tertiary/aromatic N) is 4. The van der Waals surface area contributed by atoms with Gasteiger partial charge < -0.3 is 4.74 Å². The average Bonchev–Trinajstić information content (AvgIpc) is 3.70. The van der Waals surface area contributed by atoms with E-state index in [1.165, 1.54) is 38.8 Å². The van der Waals surface area contributed by atoms with Crippen molar-refractivity contribution in [1.29, 1.82) is 0 Å². The number of benzene rings is 4. The van der Waals surface area contributed by atoms with Crippen molar-refractivity contribution in [3.63, 3.8) is 0 Å². The minimum Gasteiger partial charge on any atom is -0.457 e. The van der Waals surface area contributed by atoms with Crippen LogP contribution in [0.1, 0.15) is 83.2 Å². The standard InChI is InChI=1S/C45H48N4O/c1-10-30-24-31(11-2)43(45(7,8)9)41(42(30)44(4,5)6)32-27-47-48(28-32)33-15-14-16-34(25-33)50-35-19-20-37-36-17-12-13-18-38(36)49(39(37)26-35)40-23-29(3)21-22-46-40/h12-28H,10-11H2,1-9H3. The summed E-state index contributed by atoms with van der Waals surface area (Å²) in [7, 11) is 0. The van der Waals surface area contributed by atoms with Crippen LogP contribution in [-0.2, 0) is 23.7 Å². The molecule has 0 saturated carbocycles. The Morgan fingerprint density at radius 1 is 0.680 bits per heavy atom. The smallest absolute Gasteiger partial charge is 0.137 e. The Labute approximate surface area is 296 Å². The highest BCUT2D eigenvalue weighted by Crippen LogP contribution is 2.45. The summed E-state index contributed by atoms with van der Waals surface area (Å²) in [4.78, 5) is 4.73. The first-order valence-corrected chi connectivity index (χ1v) is 17.9. The Balaban J connectivity index is 1.29. The van der Waals surface area contributed by atoms with E-state index < -0.39 is 0 Å². The van der Waals surface area contributed by atoms with Crippen LogP contribution in [0.4, 0.5) is 0 Å². The highest BCUT2D eigenvalue weighted by atomic mass is 16.5. The molecule has 0 N–H and O–H groups in total. The maximum absolute atomic E-state index is 6.56. The van der Waals surface area contributed by atoms with E-state index in [9.17, 15) is 0 Å². The first kappa shape index (κ1) is 33.3. The minimum atomic E-state index is -0.0228. The lowest BCUT2D eigenvalue weighted by Crippen LogP contribution is -2.23. The van der Waals surface area contributed by atoms with Crippen LogP contribution in [0.5, 0.6) is 11.5 Å². The molecule has 254 valence electrons. The van der Waals surface area contributed by atoms with Gasteiger partial charge in [0, 0.05) is 40.9 Å². The molecule has 0 unspecified atom stereocenters. The van der Waals surface area contributed by atoms with Crippen molar-refractivity contribution < 1.29 is 4.74 Å². The third-order valence-electron chi connectivity index (χ3n) is 9.72. The van der Waals surface area contributed by atoms with E-state index in [0.29, 0.717) is 0 Å². The lowest BCUT2D eigenvalue weighted by atomic mass is 9.70. The quantitative estimate of drug-likeness (QED) is 0.171. The van der Waals surface area contributed by atoms with E-state index in [0.717, 1.165) is 57.8 Å². The normalized spacial score (nSPS) is 12.3. The molecule has 0 aliphatic heterocycles. The first-order chi connectivity index (χ1) is 23.9. The van der Waals surface area contributed by atoms with Crippen LogP contribution < -0.4 is 4.74 Å². The summed E-state index contributed by atoms with van der Waals surface area (Å²) in [5, 5.41) is 7.29. The average molecular weight is 661 g/mol. The van der Waals surface area contributed by atoms with Crippen molar-refractivity contribution >= 4 is 21.8 Å². The number of hydrogen-bond donors (Lipinski definition) is 0. The van der Waals surface area contributed by atoms with Gasteiger partial charge in [0.25, 0.3) is 0 Å². The van der Waals surface area contributed by atoms with Crippen molar-refractivity contribution in [2.75, 3.05) is 0 Å². The van der Waals surface area contributed by atoms with Gasteiger partial charge in [-0.3, -0.25) is 4.57 Å². The molecule has 0 amide bonds. The molecule has 50 heavy (non-hydrogen) atoms. The highest BCUT2D eigenvalue weighted by molar-refractivity contribution is 6.09. The Bertz CT molecular complexity index is 2320. The number of rotatable bonds is 7. The third kappa shape index (κ3) is 6.00. The lowest BCUT2D eigenvalue weighted by molar-refractivity contribution is 0.483. The molecular weight excluding hydrogens is 613 g/mol. The van der Waals surface area contributed by atoms with Gasteiger partial charge in [-0.05, 0) is 106 Å². The fourth-order valence-corrected chi connectivity index (χ4v) is 7.68. The van der Waals surface area contributed by atoms with Crippen LogP contribution in [-0.4, -0.2) is 19.3 Å². The molecule has 0 atom stereocenters. The van der Waals surface area contributed by atoms with Gasteiger partial charge in [-0.1, -0.05) is 85.7 Å². The largest absolute Gasteiger partial charge is 0.457 e. The van der Waals surface area contributed by atoms with E-state index in [4.69, 9.17) is 14.8 Å². The molecule has 0 aliphatic carbocycles. The maximum Gasteiger partial charge on any atom is 0.137 e. The van der Waals surface area contributed by atoms with Gasteiger partial charge in [0.1, 0.15) is 17.3 Å². The summed E-state index contributed by atoms with van der Waals surface area (Å²) in [6, 6.07) is 29.6. The van der Waals surface area contributed by atoms with Crippen LogP contribution in [0.3, 0.4) is 0 Å². The number of ether oxygens (including phenoxy) is 1. The summed E-state index contributed by atoms with van der Waals surface area (Å²) in [5.74, 6) is 2.41. The number of hydrogen-bond acceptors (Lipinski definition) is 3. The Morgan fingerprint density at radius 3 is 2.04 bits per heavy atom. The second-order valence-corrected chi connectivity index (χ2v) is 15.5. The van der Waals surface area contributed by atoms with Crippen molar-refractivity contribution in [2.24, 2.45) is 0 Å². The van der Waals surface area contributed by atoms with Crippen molar-refractivity contribution in [3.8, 4) is 34.1 Å².